The van der Waals surface area contributed by atoms with Gasteiger partial charge in [0.15, 0.2) is 5.15 Å². The summed E-state index contributed by atoms with van der Waals surface area (Å²) in [5.74, 6) is 0. The molecule has 0 bridgehead atoms. The third kappa shape index (κ3) is 2.24. The maximum Gasteiger partial charge on any atom is 0.152 e. The summed E-state index contributed by atoms with van der Waals surface area (Å²) in [5, 5.41) is 0.423. The molecule has 2 N–H and O–H groups in total. The molecule has 1 aliphatic heterocycles. The zero-order valence-electron chi connectivity index (χ0n) is 8.91. The summed E-state index contributed by atoms with van der Waals surface area (Å²) in [5.41, 5.74) is 7.24. The molecular weight excluding hydrogens is 210 g/mol. The highest BCUT2D eigenvalue weighted by Crippen LogP contribution is 2.29. The van der Waals surface area contributed by atoms with E-state index in [-0.39, 0.29) is 0 Å². The van der Waals surface area contributed by atoms with Crippen molar-refractivity contribution in [3.05, 3.63) is 23.0 Å². The average Bonchev–Trinajstić information content (AvgIpc) is 2.23. The summed E-state index contributed by atoms with van der Waals surface area (Å²) in [6.45, 7) is 1.13. The molecule has 1 fully saturated rings. The fraction of sp³-hybridized carbons (Fsp3) is 0.545. The number of hydrogen-bond acceptors (Lipinski definition) is 3. The monoisotopic (exact) mass is 225 g/mol. The highest BCUT2D eigenvalue weighted by Gasteiger charge is 2.22. The maximum atomic E-state index is 5.93. The standard InChI is InChI=1S/C11H16ClN3/c1-15-7-3-2-4-10(15)9-6-5-8(13)11(12)14-9/h5-6,10H,2-4,7,13H2,1H3. The highest BCUT2D eigenvalue weighted by molar-refractivity contribution is 6.31. The number of piperidine rings is 1. The van der Waals surface area contributed by atoms with Crippen molar-refractivity contribution in [1.82, 2.24) is 9.88 Å². The van der Waals surface area contributed by atoms with Crippen molar-refractivity contribution in [3.8, 4) is 0 Å². The topological polar surface area (TPSA) is 42.1 Å². The van der Waals surface area contributed by atoms with Gasteiger partial charge in [0.05, 0.1) is 17.4 Å². The van der Waals surface area contributed by atoms with Gasteiger partial charge in [0.2, 0.25) is 0 Å². The number of likely N-dealkylation sites (tertiary alicyclic amines) is 1. The summed E-state index contributed by atoms with van der Waals surface area (Å²) in [4.78, 5) is 6.68. The van der Waals surface area contributed by atoms with Crippen molar-refractivity contribution in [2.24, 2.45) is 0 Å². The van der Waals surface area contributed by atoms with E-state index in [1.807, 2.05) is 12.1 Å². The van der Waals surface area contributed by atoms with E-state index in [2.05, 4.69) is 16.9 Å². The molecular formula is C11H16ClN3. The van der Waals surface area contributed by atoms with E-state index in [0.717, 1.165) is 18.7 Å². The molecule has 0 aromatic carbocycles. The van der Waals surface area contributed by atoms with Crippen LogP contribution in [-0.4, -0.2) is 23.5 Å². The molecule has 2 heterocycles. The Hall–Kier alpha value is -0.800. The van der Waals surface area contributed by atoms with E-state index in [1.54, 1.807) is 0 Å². The summed E-state index contributed by atoms with van der Waals surface area (Å²) < 4.78 is 0. The minimum atomic E-state index is 0.400. The number of aromatic nitrogens is 1. The Bertz CT molecular complexity index is 354. The fourth-order valence-electron chi connectivity index (χ4n) is 2.09. The third-order valence-corrected chi connectivity index (χ3v) is 3.31. The van der Waals surface area contributed by atoms with Crippen molar-refractivity contribution >= 4 is 17.3 Å². The number of rotatable bonds is 1. The van der Waals surface area contributed by atoms with Crippen LogP contribution in [0.2, 0.25) is 5.15 Å². The molecule has 1 aromatic rings. The molecule has 1 unspecified atom stereocenters. The first kappa shape index (κ1) is 10.7. The molecule has 1 aromatic heterocycles. The van der Waals surface area contributed by atoms with Crippen molar-refractivity contribution in [1.29, 1.82) is 0 Å². The second-order valence-corrected chi connectivity index (χ2v) is 4.47. The quantitative estimate of drug-likeness (QED) is 0.747. The summed E-state index contributed by atoms with van der Waals surface area (Å²) in [6, 6.07) is 4.22. The van der Waals surface area contributed by atoms with Crippen molar-refractivity contribution in [2.75, 3.05) is 19.3 Å². The van der Waals surface area contributed by atoms with Gasteiger partial charge in [0.1, 0.15) is 0 Å². The van der Waals surface area contributed by atoms with E-state index in [1.165, 1.54) is 12.8 Å². The SMILES string of the molecule is CN1CCCCC1c1ccc(N)c(Cl)n1. The molecule has 0 saturated carbocycles. The molecule has 15 heavy (non-hydrogen) atoms. The molecule has 4 heteroatoms. The molecule has 0 amide bonds. The first-order valence-electron chi connectivity index (χ1n) is 5.30. The normalized spacial score (nSPS) is 22.9. The van der Waals surface area contributed by atoms with Gasteiger partial charge in [-0.3, -0.25) is 4.90 Å². The number of anilines is 1. The van der Waals surface area contributed by atoms with Gasteiger partial charge >= 0.3 is 0 Å². The fourth-order valence-corrected chi connectivity index (χ4v) is 2.25. The van der Waals surface area contributed by atoms with Gasteiger partial charge in [-0.05, 0) is 38.6 Å². The highest BCUT2D eigenvalue weighted by atomic mass is 35.5. The smallest absolute Gasteiger partial charge is 0.152 e. The van der Waals surface area contributed by atoms with Crippen LogP contribution < -0.4 is 5.73 Å². The van der Waals surface area contributed by atoms with E-state index in [9.17, 15) is 0 Å². The zero-order chi connectivity index (χ0) is 10.8. The van der Waals surface area contributed by atoms with Gasteiger partial charge in [-0.2, -0.15) is 0 Å². The Morgan fingerprint density at radius 2 is 2.27 bits per heavy atom. The Kier molecular flexibility index (Phi) is 3.12. The summed E-state index contributed by atoms with van der Waals surface area (Å²) in [6.07, 6.45) is 3.69. The average molecular weight is 226 g/mol. The zero-order valence-corrected chi connectivity index (χ0v) is 9.67. The summed E-state index contributed by atoms with van der Waals surface area (Å²) >= 11 is 5.93. The van der Waals surface area contributed by atoms with Crippen LogP contribution in [0.4, 0.5) is 5.69 Å². The van der Waals surface area contributed by atoms with Crippen LogP contribution in [0.3, 0.4) is 0 Å². The molecule has 1 atom stereocenters. The van der Waals surface area contributed by atoms with Crippen LogP contribution in [0, 0.1) is 0 Å². The first-order valence-corrected chi connectivity index (χ1v) is 5.68. The molecule has 3 nitrogen and oxygen atoms in total. The van der Waals surface area contributed by atoms with Crippen LogP contribution in [0.25, 0.3) is 0 Å². The lowest BCUT2D eigenvalue weighted by Crippen LogP contribution is -2.30. The molecule has 1 aliphatic rings. The van der Waals surface area contributed by atoms with Gasteiger partial charge in [0, 0.05) is 0 Å². The van der Waals surface area contributed by atoms with E-state index >= 15 is 0 Å². The first-order chi connectivity index (χ1) is 7.18. The van der Waals surface area contributed by atoms with Crippen LogP contribution in [0.5, 0.6) is 0 Å². The van der Waals surface area contributed by atoms with Gasteiger partial charge in [-0.1, -0.05) is 18.0 Å². The molecule has 1 saturated heterocycles. The van der Waals surface area contributed by atoms with Gasteiger partial charge < -0.3 is 5.73 Å². The van der Waals surface area contributed by atoms with E-state index in [4.69, 9.17) is 17.3 Å². The van der Waals surface area contributed by atoms with Crippen molar-refractivity contribution < 1.29 is 0 Å². The Labute approximate surface area is 95.2 Å². The van der Waals surface area contributed by atoms with Gasteiger partial charge in [-0.15, -0.1) is 0 Å². The van der Waals surface area contributed by atoms with E-state index in [0.29, 0.717) is 16.9 Å². The molecule has 2 rings (SSSR count). The Morgan fingerprint density at radius 1 is 1.47 bits per heavy atom. The predicted molar refractivity (Wildman–Crippen MR) is 62.9 cm³/mol. The molecule has 0 spiro atoms. The number of hydrogen-bond donors (Lipinski definition) is 1. The van der Waals surface area contributed by atoms with Crippen molar-refractivity contribution in [2.45, 2.75) is 25.3 Å². The lowest BCUT2D eigenvalue weighted by Gasteiger charge is -2.32. The number of nitrogen functional groups attached to an aromatic ring is 1. The van der Waals surface area contributed by atoms with Gasteiger partial charge in [0.25, 0.3) is 0 Å². The number of nitrogens with two attached hydrogens (primary N) is 1. The number of halogens is 1. The lowest BCUT2D eigenvalue weighted by atomic mass is 10.00. The van der Waals surface area contributed by atoms with Crippen LogP contribution >= 0.6 is 11.6 Å². The van der Waals surface area contributed by atoms with Crippen molar-refractivity contribution in [3.63, 3.8) is 0 Å². The maximum absolute atomic E-state index is 5.93. The Morgan fingerprint density at radius 3 is 2.93 bits per heavy atom. The lowest BCUT2D eigenvalue weighted by molar-refractivity contribution is 0.183. The molecule has 82 valence electrons. The van der Waals surface area contributed by atoms with E-state index < -0.39 is 0 Å². The number of pyridine rings is 1. The largest absolute Gasteiger partial charge is 0.396 e. The summed E-state index contributed by atoms with van der Waals surface area (Å²) in [7, 11) is 2.13. The second-order valence-electron chi connectivity index (χ2n) is 4.11. The minimum Gasteiger partial charge on any atom is -0.396 e. The molecule has 0 radical (unpaired) electrons. The van der Waals surface area contributed by atoms with Crippen LogP contribution in [-0.2, 0) is 0 Å². The Balaban J connectivity index is 2.24. The van der Waals surface area contributed by atoms with Crippen LogP contribution in [0.15, 0.2) is 12.1 Å². The van der Waals surface area contributed by atoms with Crippen LogP contribution in [0.1, 0.15) is 31.0 Å². The van der Waals surface area contributed by atoms with Gasteiger partial charge in [-0.25, -0.2) is 4.98 Å². The number of nitrogens with zero attached hydrogens (tertiary/aromatic N) is 2. The molecule has 0 aliphatic carbocycles. The third-order valence-electron chi connectivity index (χ3n) is 3.01. The second kappa shape index (κ2) is 4.37. The minimum absolute atomic E-state index is 0.400. The predicted octanol–water partition coefficient (Wildman–Crippen LogP) is 2.47.